The molecule has 1 aromatic heterocycles. The van der Waals surface area contributed by atoms with Crippen LogP contribution in [0.3, 0.4) is 0 Å². The van der Waals surface area contributed by atoms with Gasteiger partial charge in [-0.05, 0) is 6.92 Å². The maximum Gasteiger partial charge on any atom is 0.0574 e. The Morgan fingerprint density at radius 1 is 1.27 bits per heavy atom. The number of rotatable bonds is 2. The second kappa shape index (κ2) is 3.66. The predicted octanol–water partition coefficient (Wildman–Crippen LogP) is 2.15. The van der Waals surface area contributed by atoms with E-state index in [1.54, 1.807) is 18.5 Å². The maximum atomic E-state index is 3.76. The molecule has 56 valence electrons. The molecule has 0 fully saturated rings. The highest BCUT2D eigenvalue weighted by molar-refractivity contribution is 5.62. The molecule has 0 atom stereocenters. The van der Waals surface area contributed by atoms with Crippen LogP contribution >= 0.6 is 0 Å². The van der Waals surface area contributed by atoms with Gasteiger partial charge in [-0.25, -0.2) is 0 Å². The predicted molar refractivity (Wildman–Crippen MR) is 46.8 cm³/mol. The molecule has 0 amide bonds. The van der Waals surface area contributed by atoms with E-state index in [4.69, 9.17) is 0 Å². The second-order valence-electron chi connectivity index (χ2n) is 2.10. The molecular weight excluding hydrogens is 136 g/mol. The Balaban J connectivity index is 3.11. The van der Waals surface area contributed by atoms with Crippen LogP contribution in [0.1, 0.15) is 18.1 Å². The van der Waals surface area contributed by atoms with Crippen LogP contribution in [0.5, 0.6) is 0 Å². The molecule has 1 rings (SSSR count). The summed E-state index contributed by atoms with van der Waals surface area (Å²) in [6, 6.07) is 0. The Morgan fingerprint density at radius 3 is 2.45 bits per heavy atom. The number of hydrogen-bond donors (Lipinski definition) is 0. The quantitative estimate of drug-likeness (QED) is 0.639. The smallest absolute Gasteiger partial charge is 0.0574 e. The minimum absolute atomic E-state index is 1.01. The van der Waals surface area contributed by atoms with E-state index < -0.39 is 0 Å². The third-order valence-electron chi connectivity index (χ3n) is 1.36. The molecule has 0 aromatic carbocycles. The van der Waals surface area contributed by atoms with Crippen molar-refractivity contribution >= 4 is 12.2 Å². The SMILES string of the molecule is C=Cc1cnncc1/C=C\C. The Hall–Kier alpha value is -1.44. The molecule has 0 saturated carbocycles. The van der Waals surface area contributed by atoms with E-state index in [0.717, 1.165) is 11.1 Å². The van der Waals surface area contributed by atoms with Crippen LogP contribution in [0.2, 0.25) is 0 Å². The fourth-order valence-electron chi connectivity index (χ4n) is 0.830. The van der Waals surface area contributed by atoms with Gasteiger partial charge >= 0.3 is 0 Å². The van der Waals surface area contributed by atoms with Crippen LogP contribution in [0.15, 0.2) is 25.0 Å². The van der Waals surface area contributed by atoms with Crippen LogP contribution in [0.4, 0.5) is 0 Å². The molecule has 0 N–H and O–H groups in total. The third kappa shape index (κ3) is 1.74. The molecule has 11 heavy (non-hydrogen) atoms. The topological polar surface area (TPSA) is 25.8 Å². The third-order valence-corrected chi connectivity index (χ3v) is 1.36. The highest BCUT2D eigenvalue weighted by Crippen LogP contribution is 2.08. The first kappa shape index (κ1) is 7.66. The highest BCUT2D eigenvalue weighted by atomic mass is 15.1. The molecule has 2 nitrogen and oxygen atoms in total. The van der Waals surface area contributed by atoms with Crippen LogP contribution in [-0.2, 0) is 0 Å². The molecule has 0 aliphatic carbocycles. The van der Waals surface area contributed by atoms with Crippen molar-refractivity contribution in [2.24, 2.45) is 0 Å². The summed E-state index contributed by atoms with van der Waals surface area (Å²) in [6.45, 7) is 5.64. The molecule has 0 spiro atoms. The maximum absolute atomic E-state index is 3.76. The summed E-state index contributed by atoms with van der Waals surface area (Å²) < 4.78 is 0. The minimum atomic E-state index is 1.01. The minimum Gasteiger partial charge on any atom is -0.158 e. The van der Waals surface area contributed by atoms with Gasteiger partial charge in [-0.15, -0.1) is 0 Å². The van der Waals surface area contributed by atoms with Crippen LogP contribution in [0.25, 0.3) is 12.2 Å². The van der Waals surface area contributed by atoms with Gasteiger partial charge in [0, 0.05) is 11.1 Å². The molecule has 1 heterocycles. The van der Waals surface area contributed by atoms with Crippen molar-refractivity contribution in [3.05, 3.63) is 36.2 Å². The number of aromatic nitrogens is 2. The van der Waals surface area contributed by atoms with Gasteiger partial charge in [-0.3, -0.25) is 0 Å². The molecule has 0 radical (unpaired) electrons. The largest absolute Gasteiger partial charge is 0.158 e. The van der Waals surface area contributed by atoms with E-state index in [2.05, 4.69) is 16.8 Å². The molecule has 0 saturated heterocycles. The summed E-state index contributed by atoms with van der Waals surface area (Å²) in [5, 5.41) is 7.51. The first-order chi connectivity index (χ1) is 5.38. The Bertz CT molecular complexity index is 277. The number of nitrogens with zero attached hydrogens (tertiary/aromatic N) is 2. The van der Waals surface area contributed by atoms with Gasteiger partial charge in [0.1, 0.15) is 0 Å². The molecule has 0 unspecified atom stereocenters. The van der Waals surface area contributed by atoms with Crippen molar-refractivity contribution in [2.75, 3.05) is 0 Å². The van der Waals surface area contributed by atoms with Gasteiger partial charge in [-0.1, -0.05) is 24.8 Å². The number of allylic oxidation sites excluding steroid dienone is 1. The van der Waals surface area contributed by atoms with E-state index in [0.29, 0.717) is 0 Å². The van der Waals surface area contributed by atoms with Gasteiger partial charge < -0.3 is 0 Å². The summed E-state index contributed by atoms with van der Waals surface area (Å²) in [6.07, 6.45) is 9.12. The lowest BCUT2D eigenvalue weighted by atomic mass is 10.1. The average Bonchev–Trinajstić information content (AvgIpc) is 2.06. The van der Waals surface area contributed by atoms with Gasteiger partial charge in [0.15, 0.2) is 0 Å². The van der Waals surface area contributed by atoms with E-state index in [-0.39, 0.29) is 0 Å². The zero-order valence-corrected chi connectivity index (χ0v) is 6.49. The molecule has 2 heteroatoms. The van der Waals surface area contributed by atoms with Gasteiger partial charge in [-0.2, -0.15) is 10.2 Å². The van der Waals surface area contributed by atoms with E-state index in [1.165, 1.54) is 0 Å². The fraction of sp³-hybridized carbons (Fsp3) is 0.111. The summed E-state index contributed by atoms with van der Waals surface area (Å²) in [4.78, 5) is 0. The van der Waals surface area contributed by atoms with E-state index >= 15 is 0 Å². The van der Waals surface area contributed by atoms with E-state index in [1.807, 2.05) is 19.1 Å². The zero-order chi connectivity index (χ0) is 8.10. The first-order valence-electron chi connectivity index (χ1n) is 3.44. The van der Waals surface area contributed by atoms with Crippen molar-refractivity contribution in [1.29, 1.82) is 0 Å². The van der Waals surface area contributed by atoms with E-state index in [9.17, 15) is 0 Å². The lowest BCUT2D eigenvalue weighted by Crippen LogP contribution is -1.85. The molecule has 0 aliphatic rings. The standard InChI is InChI=1S/C9H10N2/c1-3-5-9-7-11-10-6-8(9)4-2/h3-7H,2H2,1H3/b5-3-. The molecule has 0 bridgehead atoms. The Labute approximate surface area is 66.3 Å². The normalized spacial score (nSPS) is 10.3. The molecule has 0 aliphatic heterocycles. The summed E-state index contributed by atoms with van der Waals surface area (Å²) in [5.74, 6) is 0. The van der Waals surface area contributed by atoms with Crippen LogP contribution < -0.4 is 0 Å². The molecular formula is C9H10N2. The van der Waals surface area contributed by atoms with Crippen molar-refractivity contribution in [2.45, 2.75) is 6.92 Å². The lowest BCUT2D eigenvalue weighted by Gasteiger charge is -1.95. The lowest BCUT2D eigenvalue weighted by molar-refractivity contribution is 1.02. The summed E-state index contributed by atoms with van der Waals surface area (Å²) >= 11 is 0. The van der Waals surface area contributed by atoms with Crippen molar-refractivity contribution < 1.29 is 0 Å². The number of hydrogen-bond acceptors (Lipinski definition) is 2. The van der Waals surface area contributed by atoms with Crippen LogP contribution in [-0.4, -0.2) is 10.2 Å². The van der Waals surface area contributed by atoms with Crippen molar-refractivity contribution in [3.63, 3.8) is 0 Å². The first-order valence-corrected chi connectivity index (χ1v) is 3.44. The average molecular weight is 146 g/mol. The van der Waals surface area contributed by atoms with Gasteiger partial charge in [0.2, 0.25) is 0 Å². The summed E-state index contributed by atoms with van der Waals surface area (Å²) in [7, 11) is 0. The van der Waals surface area contributed by atoms with Crippen molar-refractivity contribution in [1.82, 2.24) is 10.2 Å². The van der Waals surface area contributed by atoms with Gasteiger partial charge in [0.05, 0.1) is 12.4 Å². The van der Waals surface area contributed by atoms with Gasteiger partial charge in [0.25, 0.3) is 0 Å². The monoisotopic (exact) mass is 146 g/mol. The highest BCUT2D eigenvalue weighted by Gasteiger charge is 1.92. The Morgan fingerprint density at radius 2 is 1.91 bits per heavy atom. The van der Waals surface area contributed by atoms with Crippen LogP contribution in [0, 0.1) is 0 Å². The Kier molecular flexibility index (Phi) is 2.55. The second-order valence-corrected chi connectivity index (χ2v) is 2.10. The zero-order valence-electron chi connectivity index (χ0n) is 6.49. The summed E-state index contributed by atoms with van der Waals surface area (Å²) in [5.41, 5.74) is 2.07. The van der Waals surface area contributed by atoms with Crippen molar-refractivity contribution in [3.8, 4) is 0 Å². The molecule has 1 aromatic rings. The fourth-order valence-corrected chi connectivity index (χ4v) is 0.830.